The number of hydrogen-bond acceptors (Lipinski definition) is 4. The Labute approximate surface area is 131 Å². The van der Waals surface area contributed by atoms with Crippen molar-refractivity contribution in [2.24, 2.45) is 5.92 Å². The molecule has 5 heteroatoms. The first kappa shape index (κ1) is 16.5. The van der Waals surface area contributed by atoms with Crippen LogP contribution in [0.1, 0.15) is 39.2 Å². The minimum atomic E-state index is -0.473. The van der Waals surface area contributed by atoms with Gasteiger partial charge < -0.3 is 15.4 Å². The van der Waals surface area contributed by atoms with E-state index in [4.69, 9.17) is 4.74 Å². The zero-order valence-electron chi connectivity index (χ0n) is 13.6. The van der Waals surface area contributed by atoms with Gasteiger partial charge in [0.25, 0.3) is 0 Å². The quantitative estimate of drug-likeness (QED) is 0.841. The zero-order valence-corrected chi connectivity index (χ0v) is 13.6. The normalized spacial score (nSPS) is 21.5. The zero-order chi connectivity index (χ0) is 16.3. The van der Waals surface area contributed by atoms with Crippen LogP contribution in [0.5, 0.6) is 0 Å². The predicted molar refractivity (Wildman–Crippen MR) is 85.7 cm³/mol. The SMILES string of the molecule is CC(=O)Nc1ccc([C@@H]2CNC[C@H]2C(=O)OC(C)(C)C)cc1. The lowest BCUT2D eigenvalue weighted by Gasteiger charge is -2.24. The van der Waals surface area contributed by atoms with Gasteiger partial charge in [0.2, 0.25) is 5.91 Å². The van der Waals surface area contributed by atoms with E-state index in [0.29, 0.717) is 6.54 Å². The summed E-state index contributed by atoms with van der Waals surface area (Å²) in [5.74, 6) is -0.331. The Morgan fingerprint density at radius 2 is 1.82 bits per heavy atom. The topological polar surface area (TPSA) is 67.4 Å². The van der Waals surface area contributed by atoms with Crippen LogP contribution in [0.15, 0.2) is 24.3 Å². The van der Waals surface area contributed by atoms with Gasteiger partial charge in [0.1, 0.15) is 5.60 Å². The molecule has 2 N–H and O–H groups in total. The summed E-state index contributed by atoms with van der Waals surface area (Å²) < 4.78 is 5.51. The van der Waals surface area contributed by atoms with Crippen molar-refractivity contribution in [3.8, 4) is 0 Å². The van der Waals surface area contributed by atoms with Gasteiger partial charge in [-0.3, -0.25) is 9.59 Å². The van der Waals surface area contributed by atoms with Crippen LogP contribution >= 0.6 is 0 Å². The molecule has 0 radical (unpaired) electrons. The van der Waals surface area contributed by atoms with Gasteiger partial charge in [0.15, 0.2) is 0 Å². The third-order valence-electron chi connectivity index (χ3n) is 3.58. The summed E-state index contributed by atoms with van der Waals surface area (Å²) in [5, 5.41) is 6.01. The molecule has 0 saturated carbocycles. The van der Waals surface area contributed by atoms with Crippen LogP contribution in [-0.4, -0.2) is 30.6 Å². The van der Waals surface area contributed by atoms with Gasteiger partial charge in [-0.2, -0.15) is 0 Å². The monoisotopic (exact) mass is 304 g/mol. The Kier molecular flexibility index (Phi) is 4.86. The third-order valence-corrected chi connectivity index (χ3v) is 3.58. The summed E-state index contributed by atoms with van der Waals surface area (Å²) in [6.07, 6.45) is 0. The molecule has 2 rings (SSSR count). The molecular weight excluding hydrogens is 280 g/mol. The van der Waals surface area contributed by atoms with E-state index in [9.17, 15) is 9.59 Å². The summed E-state index contributed by atoms with van der Waals surface area (Å²) in [5.41, 5.74) is 1.37. The lowest BCUT2D eigenvalue weighted by molar-refractivity contribution is -0.159. The van der Waals surface area contributed by atoms with Crippen molar-refractivity contribution < 1.29 is 14.3 Å². The van der Waals surface area contributed by atoms with Gasteiger partial charge in [-0.05, 0) is 38.5 Å². The summed E-state index contributed by atoms with van der Waals surface area (Å²) in [7, 11) is 0. The molecule has 1 fully saturated rings. The van der Waals surface area contributed by atoms with Crippen molar-refractivity contribution in [1.82, 2.24) is 5.32 Å². The molecule has 1 aliphatic heterocycles. The second-order valence-electron chi connectivity index (χ2n) is 6.71. The number of hydrogen-bond donors (Lipinski definition) is 2. The highest BCUT2D eigenvalue weighted by atomic mass is 16.6. The summed E-state index contributed by atoms with van der Waals surface area (Å²) in [4.78, 5) is 23.4. The van der Waals surface area contributed by atoms with Crippen molar-refractivity contribution in [3.63, 3.8) is 0 Å². The highest BCUT2D eigenvalue weighted by molar-refractivity contribution is 5.88. The number of rotatable bonds is 3. The highest BCUT2D eigenvalue weighted by Gasteiger charge is 2.36. The Hall–Kier alpha value is -1.88. The van der Waals surface area contributed by atoms with E-state index in [1.165, 1.54) is 6.92 Å². The van der Waals surface area contributed by atoms with Crippen LogP contribution in [0.4, 0.5) is 5.69 Å². The van der Waals surface area contributed by atoms with Gasteiger partial charge in [0.05, 0.1) is 5.92 Å². The fourth-order valence-corrected chi connectivity index (χ4v) is 2.67. The second-order valence-corrected chi connectivity index (χ2v) is 6.71. The average molecular weight is 304 g/mol. The molecule has 1 amide bonds. The molecule has 22 heavy (non-hydrogen) atoms. The van der Waals surface area contributed by atoms with E-state index in [0.717, 1.165) is 17.8 Å². The largest absolute Gasteiger partial charge is 0.460 e. The third kappa shape index (κ3) is 4.31. The minimum absolute atomic E-state index is 0.0954. The molecule has 0 aliphatic carbocycles. The number of benzene rings is 1. The van der Waals surface area contributed by atoms with Gasteiger partial charge in [-0.1, -0.05) is 12.1 Å². The number of nitrogens with one attached hydrogen (secondary N) is 2. The van der Waals surface area contributed by atoms with E-state index in [1.54, 1.807) is 0 Å². The molecule has 0 aromatic heterocycles. The lowest BCUT2D eigenvalue weighted by atomic mass is 9.88. The highest BCUT2D eigenvalue weighted by Crippen LogP contribution is 2.31. The summed E-state index contributed by atoms with van der Waals surface area (Å²) >= 11 is 0. The molecule has 120 valence electrons. The van der Waals surface area contributed by atoms with Crippen LogP contribution in [0, 0.1) is 5.92 Å². The Balaban J connectivity index is 2.10. The number of esters is 1. The number of carbonyl (C=O) groups excluding carboxylic acids is 2. The number of anilines is 1. The second kappa shape index (κ2) is 6.48. The molecule has 0 unspecified atom stereocenters. The molecule has 2 atom stereocenters. The van der Waals surface area contributed by atoms with E-state index >= 15 is 0 Å². The number of amides is 1. The maximum absolute atomic E-state index is 12.3. The van der Waals surface area contributed by atoms with E-state index in [-0.39, 0.29) is 23.7 Å². The molecule has 5 nitrogen and oxygen atoms in total. The van der Waals surface area contributed by atoms with Gasteiger partial charge >= 0.3 is 5.97 Å². The predicted octanol–water partition coefficient (Wildman–Crippen LogP) is 2.29. The summed E-state index contributed by atoms with van der Waals surface area (Å²) in [6.45, 7) is 8.50. The first-order valence-corrected chi connectivity index (χ1v) is 7.57. The van der Waals surface area contributed by atoms with Crippen molar-refractivity contribution in [1.29, 1.82) is 0 Å². The van der Waals surface area contributed by atoms with Crippen molar-refractivity contribution >= 4 is 17.6 Å². The maximum atomic E-state index is 12.3. The molecule has 0 bridgehead atoms. The fraction of sp³-hybridized carbons (Fsp3) is 0.529. The van der Waals surface area contributed by atoms with Crippen molar-refractivity contribution in [3.05, 3.63) is 29.8 Å². The minimum Gasteiger partial charge on any atom is -0.460 e. The Morgan fingerprint density at radius 1 is 1.18 bits per heavy atom. The molecule has 0 spiro atoms. The van der Waals surface area contributed by atoms with Gasteiger partial charge in [0, 0.05) is 31.6 Å². The van der Waals surface area contributed by atoms with Crippen LogP contribution < -0.4 is 10.6 Å². The molecule has 1 aliphatic rings. The Morgan fingerprint density at radius 3 is 2.36 bits per heavy atom. The fourth-order valence-electron chi connectivity index (χ4n) is 2.67. The standard InChI is InChI=1S/C17H24N2O3/c1-11(20)19-13-7-5-12(6-8-13)14-9-18-10-15(14)16(21)22-17(2,3)4/h5-8,14-15,18H,9-10H2,1-4H3,(H,19,20)/t14-,15+/m0/s1. The van der Waals surface area contributed by atoms with E-state index in [1.807, 2.05) is 45.0 Å². The van der Waals surface area contributed by atoms with Gasteiger partial charge in [-0.15, -0.1) is 0 Å². The smallest absolute Gasteiger partial charge is 0.311 e. The molecule has 1 saturated heterocycles. The van der Waals surface area contributed by atoms with E-state index in [2.05, 4.69) is 10.6 Å². The van der Waals surface area contributed by atoms with Crippen LogP contribution in [0.3, 0.4) is 0 Å². The van der Waals surface area contributed by atoms with Crippen molar-refractivity contribution in [2.45, 2.75) is 39.2 Å². The molecule has 1 heterocycles. The van der Waals surface area contributed by atoms with Crippen LogP contribution in [-0.2, 0) is 14.3 Å². The molecule has 1 aromatic carbocycles. The molecule has 1 aromatic rings. The Bertz CT molecular complexity index is 546. The van der Waals surface area contributed by atoms with E-state index < -0.39 is 5.60 Å². The van der Waals surface area contributed by atoms with Crippen molar-refractivity contribution in [2.75, 3.05) is 18.4 Å². The number of ether oxygens (including phenoxy) is 1. The molecular formula is C17H24N2O3. The first-order valence-electron chi connectivity index (χ1n) is 7.57. The maximum Gasteiger partial charge on any atom is 0.311 e. The van der Waals surface area contributed by atoms with Gasteiger partial charge in [-0.25, -0.2) is 0 Å². The summed E-state index contributed by atoms with van der Waals surface area (Å²) in [6, 6.07) is 7.64. The average Bonchev–Trinajstić information content (AvgIpc) is 2.86. The van der Waals surface area contributed by atoms with Crippen LogP contribution in [0.25, 0.3) is 0 Å². The van der Waals surface area contributed by atoms with Crippen LogP contribution in [0.2, 0.25) is 0 Å². The first-order chi connectivity index (χ1) is 10.3. The number of carbonyl (C=O) groups is 2. The lowest BCUT2D eigenvalue weighted by Crippen LogP contribution is -2.31.